The average Bonchev–Trinajstić information content (AvgIpc) is 2.50. The van der Waals surface area contributed by atoms with Gasteiger partial charge in [0.15, 0.2) is 0 Å². The van der Waals surface area contributed by atoms with E-state index >= 15 is 0 Å². The Bertz CT molecular complexity index is 637. The highest BCUT2D eigenvalue weighted by molar-refractivity contribution is 14.1. The molecule has 0 fully saturated rings. The maximum atomic E-state index is 5.79. The van der Waals surface area contributed by atoms with Gasteiger partial charge in [-0.3, -0.25) is 5.84 Å². The standard InChI is InChI=1S/C15H16BrIN2O2/c1-20-12-8-7-10(15(21-2)13(12)16)14(19-18)9-5-3-4-6-11(9)17/h3-8,14,19H,18H2,1-2H3. The lowest BCUT2D eigenvalue weighted by atomic mass is 9.98. The summed E-state index contributed by atoms with van der Waals surface area (Å²) in [6.45, 7) is 0. The van der Waals surface area contributed by atoms with Crippen molar-refractivity contribution in [2.75, 3.05) is 14.2 Å². The molecule has 4 nitrogen and oxygen atoms in total. The Morgan fingerprint density at radius 2 is 1.81 bits per heavy atom. The van der Waals surface area contributed by atoms with Crippen molar-refractivity contribution < 1.29 is 9.47 Å². The number of ether oxygens (including phenoxy) is 2. The molecule has 0 radical (unpaired) electrons. The Morgan fingerprint density at radius 1 is 1.10 bits per heavy atom. The Morgan fingerprint density at radius 3 is 2.38 bits per heavy atom. The number of hydrogen-bond acceptors (Lipinski definition) is 4. The van der Waals surface area contributed by atoms with Crippen LogP contribution in [0.1, 0.15) is 17.2 Å². The van der Waals surface area contributed by atoms with Gasteiger partial charge >= 0.3 is 0 Å². The first kappa shape index (κ1) is 16.5. The van der Waals surface area contributed by atoms with E-state index in [4.69, 9.17) is 15.3 Å². The van der Waals surface area contributed by atoms with Crippen LogP contribution in [-0.4, -0.2) is 14.2 Å². The molecule has 0 amide bonds. The number of rotatable bonds is 5. The lowest BCUT2D eigenvalue weighted by Gasteiger charge is -2.22. The van der Waals surface area contributed by atoms with E-state index in [9.17, 15) is 0 Å². The third-order valence-corrected chi connectivity index (χ3v) is 4.94. The quantitative estimate of drug-likeness (QED) is 0.404. The molecule has 2 aromatic rings. The molecule has 0 saturated heterocycles. The minimum atomic E-state index is -0.171. The van der Waals surface area contributed by atoms with Crippen molar-refractivity contribution in [2.45, 2.75) is 6.04 Å². The Kier molecular flexibility index (Phi) is 5.86. The molecule has 21 heavy (non-hydrogen) atoms. The van der Waals surface area contributed by atoms with Gasteiger partial charge in [0.2, 0.25) is 0 Å². The zero-order chi connectivity index (χ0) is 15.4. The minimum absolute atomic E-state index is 0.171. The Hall–Kier alpha value is -0.830. The van der Waals surface area contributed by atoms with Crippen LogP contribution >= 0.6 is 38.5 Å². The summed E-state index contributed by atoms with van der Waals surface area (Å²) in [5, 5.41) is 0. The number of hydrazine groups is 1. The Balaban J connectivity index is 2.58. The lowest BCUT2D eigenvalue weighted by molar-refractivity contribution is 0.382. The van der Waals surface area contributed by atoms with E-state index in [0.29, 0.717) is 11.5 Å². The molecule has 1 atom stereocenters. The molecule has 1 unspecified atom stereocenters. The van der Waals surface area contributed by atoms with E-state index in [2.05, 4.69) is 43.9 Å². The summed E-state index contributed by atoms with van der Waals surface area (Å²) >= 11 is 5.82. The molecule has 0 spiro atoms. The average molecular weight is 463 g/mol. The van der Waals surface area contributed by atoms with Crippen LogP contribution in [0.25, 0.3) is 0 Å². The highest BCUT2D eigenvalue weighted by atomic mass is 127. The molecule has 0 heterocycles. The number of nitrogens with one attached hydrogen (secondary N) is 1. The van der Waals surface area contributed by atoms with Gasteiger partial charge in [-0.15, -0.1) is 0 Å². The smallest absolute Gasteiger partial charge is 0.141 e. The zero-order valence-electron chi connectivity index (χ0n) is 11.7. The fourth-order valence-corrected chi connectivity index (χ4v) is 3.59. The van der Waals surface area contributed by atoms with Crippen LogP contribution in [-0.2, 0) is 0 Å². The molecule has 6 heteroatoms. The van der Waals surface area contributed by atoms with Crippen LogP contribution in [0.3, 0.4) is 0 Å². The van der Waals surface area contributed by atoms with E-state index in [1.54, 1.807) is 14.2 Å². The molecule has 0 aliphatic rings. The number of halogens is 2. The maximum absolute atomic E-state index is 5.79. The fraction of sp³-hybridized carbons (Fsp3) is 0.200. The van der Waals surface area contributed by atoms with Crippen LogP contribution < -0.4 is 20.7 Å². The van der Waals surface area contributed by atoms with Crippen LogP contribution in [0.2, 0.25) is 0 Å². The fourth-order valence-electron chi connectivity index (χ4n) is 2.20. The highest BCUT2D eigenvalue weighted by Gasteiger charge is 2.22. The van der Waals surface area contributed by atoms with Gasteiger partial charge < -0.3 is 9.47 Å². The summed E-state index contributed by atoms with van der Waals surface area (Å²) in [6, 6.07) is 11.8. The molecular formula is C15H16BrIN2O2. The van der Waals surface area contributed by atoms with Crippen molar-refractivity contribution in [2.24, 2.45) is 5.84 Å². The second-order valence-electron chi connectivity index (χ2n) is 4.33. The van der Waals surface area contributed by atoms with Gasteiger partial charge in [0.25, 0.3) is 0 Å². The number of hydrogen-bond donors (Lipinski definition) is 2. The van der Waals surface area contributed by atoms with Crippen molar-refractivity contribution in [1.29, 1.82) is 0 Å². The Labute approximate surface area is 146 Å². The third kappa shape index (κ3) is 3.33. The van der Waals surface area contributed by atoms with Crippen LogP contribution in [0.15, 0.2) is 40.9 Å². The van der Waals surface area contributed by atoms with Crippen LogP contribution in [0, 0.1) is 3.57 Å². The van der Waals surface area contributed by atoms with E-state index in [-0.39, 0.29) is 6.04 Å². The monoisotopic (exact) mass is 462 g/mol. The van der Waals surface area contributed by atoms with E-state index in [1.807, 2.05) is 36.4 Å². The van der Waals surface area contributed by atoms with E-state index < -0.39 is 0 Å². The van der Waals surface area contributed by atoms with Crippen LogP contribution in [0.4, 0.5) is 0 Å². The van der Waals surface area contributed by atoms with Gasteiger partial charge in [-0.2, -0.15) is 0 Å². The largest absolute Gasteiger partial charge is 0.495 e. The molecule has 0 aliphatic heterocycles. The van der Waals surface area contributed by atoms with Crippen molar-refractivity contribution in [3.05, 3.63) is 55.6 Å². The van der Waals surface area contributed by atoms with Crippen molar-refractivity contribution >= 4 is 38.5 Å². The van der Waals surface area contributed by atoms with E-state index in [1.165, 1.54) is 0 Å². The maximum Gasteiger partial charge on any atom is 0.141 e. The summed E-state index contributed by atoms with van der Waals surface area (Å²) in [5.74, 6) is 7.22. The van der Waals surface area contributed by atoms with Crippen molar-refractivity contribution in [3.63, 3.8) is 0 Å². The SMILES string of the molecule is COc1ccc(C(NN)c2ccccc2I)c(OC)c1Br. The molecule has 2 rings (SSSR count). The molecule has 0 saturated carbocycles. The summed E-state index contributed by atoms with van der Waals surface area (Å²) in [4.78, 5) is 0. The molecule has 2 aromatic carbocycles. The summed E-state index contributed by atoms with van der Waals surface area (Å²) in [5.41, 5.74) is 4.90. The predicted octanol–water partition coefficient (Wildman–Crippen LogP) is 3.62. The van der Waals surface area contributed by atoms with Gasteiger partial charge in [-0.1, -0.05) is 18.2 Å². The van der Waals surface area contributed by atoms with Crippen molar-refractivity contribution in [1.82, 2.24) is 5.43 Å². The van der Waals surface area contributed by atoms with E-state index in [0.717, 1.165) is 19.2 Å². The van der Waals surface area contributed by atoms with Gasteiger partial charge in [0, 0.05) is 9.13 Å². The molecule has 0 aliphatic carbocycles. The predicted molar refractivity (Wildman–Crippen MR) is 95.6 cm³/mol. The summed E-state index contributed by atoms with van der Waals surface area (Å²) in [6.07, 6.45) is 0. The molecular weight excluding hydrogens is 447 g/mol. The van der Waals surface area contributed by atoms with Crippen molar-refractivity contribution in [3.8, 4) is 11.5 Å². The first-order valence-corrected chi connectivity index (χ1v) is 8.12. The zero-order valence-corrected chi connectivity index (χ0v) is 15.4. The lowest BCUT2D eigenvalue weighted by Crippen LogP contribution is -2.29. The summed E-state index contributed by atoms with van der Waals surface area (Å²) in [7, 11) is 3.25. The topological polar surface area (TPSA) is 56.5 Å². The number of benzene rings is 2. The number of methoxy groups -OCH3 is 2. The van der Waals surface area contributed by atoms with Crippen LogP contribution in [0.5, 0.6) is 11.5 Å². The molecule has 112 valence electrons. The normalized spacial score (nSPS) is 12.0. The molecule has 3 N–H and O–H groups in total. The first-order chi connectivity index (χ1) is 10.1. The second kappa shape index (κ2) is 7.44. The van der Waals surface area contributed by atoms with Gasteiger partial charge in [0.05, 0.1) is 20.3 Å². The highest BCUT2D eigenvalue weighted by Crippen LogP contribution is 2.41. The van der Waals surface area contributed by atoms with Gasteiger partial charge in [-0.25, -0.2) is 5.43 Å². The molecule has 0 bridgehead atoms. The first-order valence-electron chi connectivity index (χ1n) is 6.25. The number of nitrogens with two attached hydrogens (primary N) is 1. The summed E-state index contributed by atoms with van der Waals surface area (Å²) < 4.78 is 12.7. The van der Waals surface area contributed by atoms with Gasteiger partial charge in [0.1, 0.15) is 16.0 Å². The second-order valence-corrected chi connectivity index (χ2v) is 6.28. The minimum Gasteiger partial charge on any atom is -0.495 e. The van der Waals surface area contributed by atoms with Gasteiger partial charge in [-0.05, 0) is 62.3 Å². The third-order valence-electron chi connectivity index (χ3n) is 3.21. The molecule has 0 aromatic heterocycles.